The van der Waals surface area contributed by atoms with Crippen molar-refractivity contribution in [3.63, 3.8) is 0 Å². The number of piperidine rings is 1. The van der Waals surface area contributed by atoms with E-state index in [0.29, 0.717) is 24.3 Å². The summed E-state index contributed by atoms with van der Waals surface area (Å²) in [6, 6.07) is 4.29. The standard InChI is InChI=1S/C16H22N4O3S.ClH/c1-2-20(11-15(21)22)12-5-7-19(8-6-12)10-14-17-16(18-23-14)13-4-3-9-24-13;/h3-4,9,12H,2,5-8,10-11H2,1H3,(H,21,22);1H. The molecule has 1 fully saturated rings. The van der Waals surface area contributed by atoms with Crippen molar-refractivity contribution in [3.8, 4) is 10.7 Å². The number of nitrogens with zero attached hydrogens (tertiary/aromatic N) is 4. The number of likely N-dealkylation sites (tertiary alicyclic amines) is 1. The highest BCUT2D eigenvalue weighted by Gasteiger charge is 2.26. The van der Waals surface area contributed by atoms with Crippen LogP contribution in [0.2, 0.25) is 0 Å². The minimum atomic E-state index is -0.758. The van der Waals surface area contributed by atoms with Crippen molar-refractivity contribution >= 4 is 29.7 Å². The van der Waals surface area contributed by atoms with Crippen LogP contribution in [0.1, 0.15) is 25.7 Å². The fourth-order valence-electron chi connectivity index (χ4n) is 3.13. The molecule has 0 atom stereocenters. The maximum Gasteiger partial charge on any atom is 0.317 e. The predicted molar refractivity (Wildman–Crippen MR) is 98.0 cm³/mol. The molecule has 3 rings (SSSR count). The van der Waals surface area contributed by atoms with Gasteiger partial charge in [-0.3, -0.25) is 14.6 Å². The van der Waals surface area contributed by atoms with Crippen molar-refractivity contribution in [2.75, 3.05) is 26.2 Å². The number of carboxylic acid groups (broad SMARTS) is 1. The van der Waals surface area contributed by atoms with Gasteiger partial charge in [-0.1, -0.05) is 18.1 Å². The Balaban J connectivity index is 0.00000225. The number of aromatic nitrogens is 2. The number of likely N-dealkylation sites (N-methyl/N-ethyl adjacent to an activating group) is 1. The first kappa shape index (κ1) is 19.8. The predicted octanol–water partition coefficient (Wildman–Crippen LogP) is 2.59. The van der Waals surface area contributed by atoms with E-state index in [4.69, 9.17) is 9.63 Å². The van der Waals surface area contributed by atoms with Gasteiger partial charge in [0.15, 0.2) is 0 Å². The molecule has 25 heavy (non-hydrogen) atoms. The van der Waals surface area contributed by atoms with E-state index in [1.165, 1.54) is 0 Å². The van der Waals surface area contributed by atoms with Gasteiger partial charge in [0, 0.05) is 19.1 Å². The zero-order valence-corrected chi connectivity index (χ0v) is 15.8. The SMILES string of the molecule is CCN(CC(=O)O)C1CCN(Cc2nc(-c3cccs3)no2)CC1.Cl. The van der Waals surface area contributed by atoms with Crippen LogP contribution in [0.25, 0.3) is 10.7 Å². The van der Waals surface area contributed by atoms with Crippen molar-refractivity contribution in [2.45, 2.75) is 32.4 Å². The maximum absolute atomic E-state index is 10.9. The van der Waals surface area contributed by atoms with Gasteiger partial charge in [0.05, 0.1) is 18.0 Å². The number of aliphatic carboxylic acids is 1. The van der Waals surface area contributed by atoms with E-state index in [1.54, 1.807) is 11.3 Å². The second-order valence-corrected chi connectivity index (χ2v) is 6.90. The molecule has 1 aliphatic rings. The van der Waals surface area contributed by atoms with E-state index < -0.39 is 5.97 Å². The first-order valence-electron chi connectivity index (χ1n) is 8.20. The third-order valence-corrected chi connectivity index (χ3v) is 5.25. The first-order chi connectivity index (χ1) is 11.7. The summed E-state index contributed by atoms with van der Waals surface area (Å²) in [7, 11) is 0. The Labute approximate surface area is 157 Å². The van der Waals surface area contributed by atoms with Crippen molar-refractivity contribution in [3.05, 3.63) is 23.4 Å². The normalized spacial score (nSPS) is 16.1. The van der Waals surface area contributed by atoms with E-state index in [-0.39, 0.29) is 19.0 Å². The Morgan fingerprint density at radius 2 is 2.24 bits per heavy atom. The van der Waals surface area contributed by atoms with Crippen molar-refractivity contribution < 1.29 is 14.4 Å². The third-order valence-electron chi connectivity index (χ3n) is 4.39. The van der Waals surface area contributed by atoms with Crippen LogP contribution < -0.4 is 0 Å². The zero-order valence-electron chi connectivity index (χ0n) is 14.1. The summed E-state index contributed by atoms with van der Waals surface area (Å²) >= 11 is 1.59. The number of halogens is 1. The molecule has 9 heteroatoms. The number of rotatable bonds is 7. The molecule has 1 saturated heterocycles. The Morgan fingerprint density at radius 3 is 2.84 bits per heavy atom. The van der Waals surface area contributed by atoms with E-state index in [9.17, 15) is 4.79 Å². The van der Waals surface area contributed by atoms with Crippen LogP contribution in [0.15, 0.2) is 22.0 Å². The second-order valence-electron chi connectivity index (χ2n) is 5.95. The monoisotopic (exact) mass is 386 g/mol. The molecule has 0 unspecified atom stereocenters. The highest BCUT2D eigenvalue weighted by atomic mass is 35.5. The van der Waals surface area contributed by atoms with Crippen LogP contribution in [0.3, 0.4) is 0 Å². The fourth-order valence-corrected chi connectivity index (χ4v) is 3.78. The number of hydrogen-bond donors (Lipinski definition) is 1. The van der Waals surface area contributed by atoms with Crippen LogP contribution >= 0.6 is 23.7 Å². The molecule has 0 radical (unpaired) electrons. The molecule has 3 heterocycles. The van der Waals surface area contributed by atoms with Gasteiger partial charge in [-0.25, -0.2) is 0 Å². The minimum absolute atomic E-state index is 0. The lowest BCUT2D eigenvalue weighted by Crippen LogP contribution is -2.46. The zero-order chi connectivity index (χ0) is 16.9. The first-order valence-corrected chi connectivity index (χ1v) is 9.08. The lowest BCUT2D eigenvalue weighted by atomic mass is 10.0. The number of thiophene rings is 1. The molecule has 1 aliphatic heterocycles. The summed E-state index contributed by atoms with van der Waals surface area (Å²) < 4.78 is 5.36. The lowest BCUT2D eigenvalue weighted by molar-refractivity contribution is -0.139. The van der Waals surface area contributed by atoms with Gasteiger partial charge in [0.2, 0.25) is 11.7 Å². The Bertz CT molecular complexity index is 656. The van der Waals surface area contributed by atoms with Crippen molar-refractivity contribution in [2.24, 2.45) is 0 Å². The van der Waals surface area contributed by atoms with Crippen molar-refractivity contribution in [1.82, 2.24) is 19.9 Å². The molecule has 0 bridgehead atoms. The van der Waals surface area contributed by atoms with E-state index >= 15 is 0 Å². The van der Waals surface area contributed by atoms with Crippen LogP contribution in [0, 0.1) is 0 Å². The smallest absolute Gasteiger partial charge is 0.317 e. The van der Waals surface area contributed by atoms with Crippen molar-refractivity contribution in [1.29, 1.82) is 0 Å². The van der Waals surface area contributed by atoms with Gasteiger partial charge in [-0.2, -0.15) is 4.98 Å². The average Bonchev–Trinajstić information content (AvgIpc) is 3.24. The van der Waals surface area contributed by atoms with Gasteiger partial charge in [0.1, 0.15) is 0 Å². The summed E-state index contributed by atoms with van der Waals surface area (Å²) in [5.41, 5.74) is 0. The highest BCUT2D eigenvalue weighted by molar-refractivity contribution is 7.13. The van der Waals surface area contributed by atoms with Crippen LogP contribution in [0.4, 0.5) is 0 Å². The van der Waals surface area contributed by atoms with E-state index in [0.717, 1.165) is 37.4 Å². The summed E-state index contributed by atoms with van der Waals surface area (Å²) in [6.07, 6.45) is 1.93. The summed E-state index contributed by atoms with van der Waals surface area (Å²) in [6.45, 7) is 5.38. The maximum atomic E-state index is 10.9. The number of hydrogen-bond acceptors (Lipinski definition) is 7. The van der Waals surface area contributed by atoms with Gasteiger partial charge in [-0.05, 0) is 30.8 Å². The molecule has 2 aromatic heterocycles. The molecule has 138 valence electrons. The van der Waals surface area contributed by atoms with E-state index in [1.807, 2.05) is 29.3 Å². The Morgan fingerprint density at radius 1 is 1.48 bits per heavy atom. The van der Waals surface area contributed by atoms with Crippen LogP contribution in [0.5, 0.6) is 0 Å². The fraction of sp³-hybridized carbons (Fsp3) is 0.562. The lowest BCUT2D eigenvalue weighted by Gasteiger charge is -2.36. The Hall–Kier alpha value is -1.48. The highest BCUT2D eigenvalue weighted by Crippen LogP contribution is 2.22. The molecule has 2 aromatic rings. The van der Waals surface area contributed by atoms with E-state index in [2.05, 4.69) is 15.0 Å². The molecule has 1 N–H and O–H groups in total. The minimum Gasteiger partial charge on any atom is -0.480 e. The summed E-state index contributed by atoms with van der Waals surface area (Å²) in [5, 5.41) is 15.0. The summed E-state index contributed by atoms with van der Waals surface area (Å²) in [4.78, 5) is 20.7. The molecule has 0 aliphatic carbocycles. The molecule has 0 spiro atoms. The summed E-state index contributed by atoms with van der Waals surface area (Å²) in [5.74, 6) is 0.523. The number of carbonyl (C=O) groups is 1. The third kappa shape index (κ3) is 5.24. The van der Waals surface area contributed by atoms with Crippen LogP contribution in [-0.2, 0) is 11.3 Å². The molecular formula is C16H23ClN4O3S. The largest absolute Gasteiger partial charge is 0.480 e. The van der Waals surface area contributed by atoms with Gasteiger partial charge < -0.3 is 9.63 Å². The van der Waals surface area contributed by atoms with Gasteiger partial charge in [-0.15, -0.1) is 23.7 Å². The topological polar surface area (TPSA) is 82.7 Å². The van der Waals surface area contributed by atoms with Crippen LogP contribution in [-0.4, -0.2) is 63.2 Å². The molecular weight excluding hydrogens is 364 g/mol. The number of carboxylic acids is 1. The molecule has 0 aromatic carbocycles. The molecule has 7 nitrogen and oxygen atoms in total. The Kier molecular flexibility index (Phi) is 7.37. The molecule has 0 amide bonds. The average molecular weight is 387 g/mol. The molecule has 0 saturated carbocycles. The van der Waals surface area contributed by atoms with Gasteiger partial charge >= 0.3 is 5.97 Å². The quantitative estimate of drug-likeness (QED) is 0.782. The second kappa shape index (κ2) is 9.28. The van der Waals surface area contributed by atoms with Gasteiger partial charge in [0.25, 0.3) is 0 Å².